The van der Waals surface area contributed by atoms with Crippen LogP contribution in [0.2, 0.25) is 0 Å². The van der Waals surface area contributed by atoms with Crippen LogP contribution in [0.15, 0.2) is 24.3 Å². The highest BCUT2D eigenvalue weighted by Crippen LogP contribution is 2.11. The first-order chi connectivity index (χ1) is 8.66. The zero-order valence-corrected chi connectivity index (χ0v) is 10.4. The lowest BCUT2D eigenvalue weighted by atomic mass is 10.2. The van der Waals surface area contributed by atoms with Crippen molar-refractivity contribution in [3.05, 3.63) is 30.1 Å². The lowest BCUT2D eigenvalue weighted by Gasteiger charge is -2.31. The fourth-order valence-corrected chi connectivity index (χ4v) is 1.94. The number of benzene rings is 1. The van der Waals surface area contributed by atoms with Gasteiger partial charge in [0.1, 0.15) is 5.82 Å². The zero-order valence-electron chi connectivity index (χ0n) is 10.4. The number of ether oxygens (including phenoxy) is 1. The van der Waals surface area contributed by atoms with E-state index < -0.39 is 0 Å². The molecule has 5 heteroatoms. The Bertz CT molecular complexity index is 419. The van der Waals surface area contributed by atoms with Crippen molar-refractivity contribution in [2.24, 2.45) is 0 Å². The number of hydrogen-bond acceptors (Lipinski definition) is 3. The number of anilines is 1. The van der Waals surface area contributed by atoms with Crippen LogP contribution < -0.4 is 5.32 Å². The van der Waals surface area contributed by atoms with E-state index in [-0.39, 0.29) is 17.8 Å². The van der Waals surface area contributed by atoms with Crippen molar-refractivity contribution in [1.82, 2.24) is 4.90 Å². The average Bonchev–Trinajstić information content (AvgIpc) is 2.39. The largest absolute Gasteiger partial charge is 0.379 e. The number of carbonyl (C=O) groups is 1. The second-order valence-electron chi connectivity index (χ2n) is 4.32. The molecule has 0 bridgehead atoms. The molecule has 1 atom stereocenters. The van der Waals surface area contributed by atoms with Gasteiger partial charge in [-0.3, -0.25) is 9.69 Å². The Labute approximate surface area is 106 Å². The highest BCUT2D eigenvalue weighted by molar-refractivity contribution is 5.94. The maximum absolute atomic E-state index is 13.0. The molecule has 0 aliphatic carbocycles. The van der Waals surface area contributed by atoms with E-state index in [4.69, 9.17) is 4.74 Å². The summed E-state index contributed by atoms with van der Waals surface area (Å²) < 4.78 is 18.2. The summed E-state index contributed by atoms with van der Waals surface area (Å²) in [5.41, 5.74) is 0.486. The molecule has 18 heavy (non-hydrogen) atoms. The smallest absolute Gasteiger partial charge is 0.241 e. The summed E-state index contributed by atoms with van der Waals surface area (Å²) in [6, 6.07) is 5.67. The molecule has 0 radical (unpaired) electrons. The van der Waals surface area contributed by atoms with Crippen molar-refractivity contribution >= 4 is 11.6 Å². The van der Waals surface area contributed by atoms with Crippen molar-refractivity contribution in [3.63, 3.8) is 0 Å². The monoisotopic (exact) mass is 252 g/mol. The van der Waals surface area contributed by atoms with Gasteiger partial charge >= 0.3 is 0 Å². The van der Waals surface area contributed by atoms with E-state index in [2.05, 4.69) is 10.2 Å². The highest BCUT2D eigenvalue weighted by Gasteiger charge is 2.23. The molecular weight excluding hydrogens is 235 g/mol. The molecule has 1 aromatic carbocycles. The summed E-state index contributed by atoms with van der Waals surface area (Å²) in [5.74, 6) is -0.477. The summed E-state index contributed by atoms with van der Waals surface area (Å²) >= 11 is 0. The van der Waals surface area contributed by atoms with Gasteiger partial charge in [0.25, 0.3) is 0 Å². The summed E-state index contributed by atoms with van der Waals surface area (Å²) in [6.45, 7) is 4.64. The summed E-state index contributed by atoms with van der Waals surface area (Å²) in [5, 5.41) is 2.72. The van der Waals surface area contributed by atoms with Gasteiger partial charge in [0.05, 0.1) is 19.3 Å². The maximum atomic E-state index is 13.0. The quantitative estimate of drug-likeness (QED) is 0.886. The molecule has 1 unspecified atom stereocenters. The van der Waals surface area contributed by atoms with Crippen LogP contribution >= 0.6 is 0 Å². The molecule has 1 fully saturated rings. The molecule has 1 aliphatic heterocycles. The van der Waals surface area contributed by atoms with Crippen LogP contribution in [-0.2, 0) is 9.53 Å². The van der Waals surface area contributed by atoms with Crippen LogP contribution in [0, 0.1) is 5.82 Å². The molecule has 1 amide bonds. The SMILES string of the molecule is CC(C(=O)Nc1cccc(F)c1)N1CCOCC1. The number of nitrogens with zero attached hydrogens (tertiary/aromatic N) is 1. The van der Waals surface area contributed by atoms with Gasteiger partial charge in [0.15, 0.2) is 0 Å². The van der Waals surface area contributed by atoms with Gasteiger partial charge in [-0.1, -0.05) is 6.07 Å². The van der Waals surface area contributed by atoms with Gasteiger partial charge in [0, 0.05) is 18.8 Å². The second-order valence-corrected chi connectivity index (χ2v) is 4.32. The van der Waals surface area contributed by atoms with E-state index >= 15 is 0 Å². The van der Waals surface area contributed by atoms with E-state index in [0.717, 1.165) is 13.1 Å². The molecule has 1 aromatic rings. The topological polar surface area (TPSA) is 41.6 Å². The van der Waals surface area contributed by atoms with Crippen molar-refractivity contribution in [2.75, 3.05) is 31.6 Å². The molecule has 0 spiro atoms. The average molecular weight is 252 g/mol. The van der Waals surface area contributed by atoms with E-state index in [9.17, 15) is 9.18 Å². The fraction of sp³-hybridized carbons (Fsp3) is 0.462. The third-order valence-corrected chi connectivity index (χ3v) is 3.06. The molecule has 0 aromatic heterocycles. The third-order valence-electron chi connectivity index (χ3n) is 3.06. The minimum atomic E-state index is -0.355. The van der Waals surface area contributed by atoms with Gasteiger partial charge in [-0.25, -0.2) is 4.39 Å². The Hall–Kier alpha value is -1.46. The second kappa shape index (κ2) is 5.93. The molecule has 1 heterocycles. The number of morpholine rings is 1. The molecule has 1 saturated heterocycles. The predicted octanol–water partition coefficient (Wildman–Crippen LogP) is 1.48. The highest BCUT2D eigenvalue weighted by atomic mass is 19.1. The Morgan fingerprint density at radius 3 is 2.83 bits per heavy atom. The van der Waals surface area contributed by atoms with Crippen LogP contribution in [0.25, 0.3) is 0 Å². The first-order valence-electron chi connectivity index (χ1n) is 6.05. The molecule has 0 saturated carbocycles. The number of carbonyl (C=O) groups excluding carboxylic acids is 1. The predicted molar refractivity (Wildman–Crippen MR) is 66.9 cm³/mol. The minimum absolute atomic E-state index is 0.123. The van der Waals surface area contributed by atoms with Crippen molar-refractivity contribution < 1.29 is 13.9 Å². The summed E-state index contributed by atoms with van der Waals surface area (Å²) in [6.07, 6.45) is 0. The maximum Gasteiger partial charge on any atom is 0.241 e. The minimum Gasteiger partial charge on any atom is -0.379 e. The van der Waals surface area contributed by atoms with Crippen LogP contribution in [0.4, 0.5) is 10.1 Å². The zero-order chi connectivity index (χ0) is 13.0. The van der Waals surface area contributed by atoms with Gasteiger partial charge in [-0.15, -0.1) is 0 Å². The van der Waals surface area contributed by atoms with Crippen LogP contribution in [0.3, 0.4) is 0 Å². The Morgan fingerprint density at radius 2 is 2.17 bits per heavy atom. The molecular formula is C13H17FN2O2. The third kappa shape index (κ3) is 3.27. The van der Waals surface area contributed by atoms with Crippen LogP contribution in [-0.4, -0.2) is 43.2 Å². The lowest BCUT2D eigenvalue weighted by Crippen LogP contribution is -2.47. The van der Waals surface area contributed by atoms with Gasteiger partial charge in [0.2, 0.25) is 5.91 Å². The molecule has 2 rings (SSSR count). The number of nitrogens with one attached hydrogen (secondary N) is 1. The summed E-state index contributed by atoms with van der Waals surface area (Å²) in [7, 11) is 0. The van der Waals surface area contributed by atoms with E-state index in [1.165, 1.54) is 12.1 Å². The Balaban J connectivity index is 1.94. The number of amides is 1. The summed E-state index contributed by atoms with van der Waals surface area (Å²) in [4.78, 5) is 14.1. The number of halogens is 1. The van der Waals surface area contributed by atoms with Crippen molar-refractivity contribution in [2.45, 2.75) is 13.0 Å². The van der Waals surface area contributed by atoms with E-state index in [1.54, 1.807) is 12.1 Å². The molecule has 1 aliphatic rings. The first-order valence-corrected chi connectivity index (χ1v) is 6.05. The van der Waals surface area contributed by atoms with Crippen molar-refractivity contribution in [1.29, 1.82) is 0 Å². The Kier molecular flexibility index (Phi) is 4.28. The van der Waals surface area contributed by atoms with Crippen molar-refractivity contribution in [3.8, 4) is 0 Å². The van der Waals surface area contributed by atoms with Gasteiger partial charge in [-0.05, 0) is 25.1 Å². The van der Waals surface area contributed by atoms with Gasteiger partial charge in [-0.2, -0.15) is 0 Å². The normalized spacial score (nSPS) is 18.3. The molecule has 98 valence electrons. The first kappa shape index (κ1) is 13.0. The van der Waals surface area contributed by atoms with E-state index in [0.29, 0.717) is 18.9 Å². The van der Waals surface area contributed by atoms with Crippen LogP contribution in [0.5, 0.6) is 0 Å². The molecule has 4 nitrogen and oxygen atoms in total. The number of rotatable bonds is 3. The fourth-order valence-electron chi connectivity index (χ4n) is 1.94. The number of hydrogen-bond donors (Lipinski definition) is 1. The molecule has 1 N–H and O–H groups in total. The Morgan fingerprint density at radius 1 is 1.44 bits per heavy atom. The van der Waals surface area contributed by atoms with Gasteiger partial charge < -0.3 is 10.1 Å². The standard InChI is InChI=1S/C13H17FN2O2/c1-10(16-5-7-18-8-6-16)13(17)15-12-4-2-3-11(14)9-12/h2-4,9-10H,5-8H2,1H3,(H,15,17). The lowest BCUT2D eigenvalue weighted by molar-refractivity contribution is -0.122. The van der Waals surface area contributed by atoms with E-state index in [1.807, 2.05) is 6.92 Å². The van der Waals surface area contributed by atoms with Crippen LogP contribution in [0.1, 0.15) is 6.92 Å².